The summed E-state index contributed by atoms with van der Waals surface area (Å²) in [6, 6.07) is 3.83. The topological polar surface area (TPSA) is 53.5 Å². The molecule has 0 bridgehead atoms. The van der Waals surface area contributed by atoms with Crippen molar-refractivity contribution in [3.63, 3.8) is 0 Å². The molecule has 0 unspecified atom stereocenters. The van der Waals surface area contributed by atoms with E-state index in [1.807, 2.05) is 12.1 Å². The van der Waals surface area contributed by atoms with Crippen molar-refractivity contribution < 1.29 is 8.42 Å². The maximum atomic E-state index is 12.2. The summed E-state index contributed by atoms with van der Waals surface area (Å²) < 4.78 is 27.4. The highest BCUT2D eigenvalue weighted by Gasteiger charge is 2.28. The Balaban J connectivity index is 1.93. The van der Waals surface area contributed by atoms with Crippen LogP contribution in [0.25, 0.3) is 0 Å². The lowest BCUT2D eigenvalue weighted by Gasteiger charge is -2.23. The van der Waals surface area contributed by atoms with Gasteiger partial charge in [0, 0.05) is 39.1 Å². The molecule has 0 spiro atoms. The van der Waals surface area contributed by atoms with Crippen LogP contribution in [0.3, 0.4) is 0 Å². The molecule has 0 aromatic carbocycles. The molecule has 0 aliphatic carbocycles. The lowest BCUT2D eigenvalue weighted by molar-refractivity contribution is 0.396. The molecule has 1 aliphatic rings. The first-order valence-corrected chi connectivity index (χ1v) is 7.61. The molecular formula is C12H19N3O2S. The van der Waals surface area contributed by atoms with E-state index in [1.165, 1.54) is 4.31 Å². The summed E-state index contributed by atoms with van der Waals surface area (Å²) in [5, 5.41) is 0. The molecule has 5 nitrogen and oxygen atoms in total. The Labute approximate surface area is 109 Å². The smallest absolute Gasteiger partial charge is 0.265 e. The summed E-state index contributed by atoms with van der Waals surface area (Å²) in [7, 11) is -1.61. The van der Waals surface area contributed by atoms with E-state index in [0.717, 1.165) is 18.4 Å². The minimum atomic E-state index is -3.26. The Morgan fingerprint density at radius 3 is 2.50 bits per heavy atom. The molecule has 1 fully saturated rings. The molecule has 1 aromatic rings. The molecule has 100 valence electrons. The minimum Gasteiger partial charge on any atom is -0.265 e. The van der Waals surface area contributed by atoms with Gasteiger partial charge in [-0.1, -0.05) is 0 Å². The largest absolute Gasteiger partial charge is 0.281 e. The zero-order valence-corrected chi connectivity index (χ0v) is 11.4. The van der Waals surface area contributed by atoms with E-state index in [1.54, 1.807) is 23.7 Å². The molecule has 0 N–H and O–H groups in total. The zero-order valence-electron chi connectivity index (χ0n) is 10.6. The maximum absolute atomic E-state index is 12.2. The van der Waals surface area contributed by atoms with Gasteiger partial charge in [0.1, 0.15) is 0 Å². The lowest BCUT2D eigenvalue weighted by Crippen LogP contribution is -2.41. The normalized spacial score (nSPS) is 17.4. The lowest BCUT2D eigenvalue weighted by atomic mass is 10.2. The molecule has 1 aliphatic heterocycles. The van der Waals surface area contributed by atoms with Gasteiger partial charge in [-0.3, -0.25) is 4.98 Å². The molecule has 0 saturated carbocycles. The van der Waals surface area contributed by atoms with Crippen LogP contribution in [0.4, 0.5) is 0 Å². The van der Waals surface area contributed by atoms with Crippen LogP contribution in [0.5, 0.6) is 0 Å². The molecule has 0 radical (unpaired) electrons. The average molecular weight is 269 g/mol. The molecule has 18 heavy (non-hydrogen) atoms. The van der Waals surface area contributed by atoms with Crippen LogP contribution < -0.4 is 0 Å². The fourth-order valence-corrected chi connectivity index (χ4v) is 3.50. The maximum Gasteiger partial charge on any atom is 0.281 e. The van der Waals surface area contributed by atoms with Gasteiger partial charge in [0.15, 0.2) is 0 Å². The van der Waals surface area contributed by atoms with Gasteiger partial charge in [0.25, 0.3) is 10.2 Å². The number of likely N-dealkylation sites (N-methyl/N-ethyl adjacent to an activating group) is 1. The van der Waals surface area contributed by atoms with Gasteiger partial charge in [-0.15, -0.1) is 0 Å². The van der Waals surface area contributed by atoms with Crippen molar-refractivity contribution in [2.24, 2.45) is 0 Å². The number of pyridine rings is 1. The number of hydrogen-bond donors (Lipinski definition) is 0. The van der Waals surface area contributed by atoms with Crippen LogP contribution in [-0.2, 0) is 16.6 Å². The first-order valence-electron chi connectivity index (χ1n) is 6.21. The Morgan fingerprint density at radius 1 is 1.28 bits per heavy atom. The Morgan fingerprint density at radius 2 is 1.89 bits per heavy atom. The van der Waals surface area contributed by atoms with Crippen LogP contribution in [0, 0.1) is 0 Å². The van der Waals surface area contributed by atoms with E-state index < -0.39 is 10.2 Å². The second kappa shape index (κ2) is 5.77. The predicted octanol–water partition coefficient (Wildman–Crippen LogP) is 0.896. The highest BCUT2D eigenvalue weighted by Crippen LogP contribution is 2.15. The van der Waals surface area contributed by atoms with Crippen molar-refractivity contribution in [3.05, 3.63) is 30.1 Å². The van der Waals surface area contributed by atoms with Gasteiger partial charge in [-0.25, -0.2) is 0 Å². The average Bonchev–Trinajstić information content (AvgIpc) is 2.91. The third-order valence-corrected chi connectivity index (χ3v) is 5.24. The molecule has 2 heterocycles. The van der Waals surface area contributed by atoms with E-state index >= 15 is 0 Å². The first-order chi connectivity index (χ1) is 8.60. The Kier molecular flexibility index (Phi) is 4.31. The van der Waals surface area contributed by atoms with Crippen molar-refractivity contribution in [1.82, 2.24) is 13.6 Å². The van der Waals surface area contributed by atoms with Crippen molar-refractivity contribution in [2.45, 2.75) is 19.3 Å². The number of rotatable bonds is 5. The van der Waals surface area contributed by atoms with Crippen LogP contribution in [0.15, 0.2) is 24.5 Å². The predicted molar refractivity (Wildman–Crippen MR) is 70.3 cm³/mol. The molecule has 6 heteroatoms. The monoisotopic (exact) mass is 269 g/mol. The summed E-state index contributed by atoms with van der Waals surface area (Å²) in [6.07, 6.45) is 6.11. The second-order valence-electron chi connectivity index (χ2n) is 4.54. The van der Waals surface area contributed by atoms with Gasteiger partial charge < -0.3 is 0 Å². The first kappa shape index (κ1) is 13.5. The van der Waals surface area contributed by atoms with E-state index in [2.05, 4.69) is 4.98 Å². The Bertz CT molecular complexity index is 469. The van der Waals surface area contributed by atoms with Crippen LogP contribution in [-0.4, -0.2) is 48.7 Å². The molecule has 0 amide bonds. The number of hydrogen-bond acceptors (Lipinski definition) is 3. The molecule has 1 aromatic heterocycles. The molecular weight excluding hydrogens is 250 g/mol. The molecule has 0 atom stereocenters. The van der Waals surface area contributed by atoms with Gasteiger partial charge in [0.2, 0.25) is 0 Å². The summed E-state index contributed by atoms with van der Waals surface area (Å²) >= 11 is 0. The van der Waals surface area contributed by atoms with Crippen molar-refractivity contribution in [1.29, 1.82) is 0 Å². The third-order valence-electron chi connectivity index (χ3n) is 3.25. The summed E-state index contributed by atoms with van der Waals surface area (Å²) in [6.45, 7) is 1.81. The van der Waals surface area contributed by atoms with E-state index in [9.17, 15) is 8.42 Å². The fourth-order valence-electron chi connectivity index (χ4n) is 2.07. The van der Waals surface area contributed by atoms with Crippen molar-refractivity contribution in [3.8, 4) is 0 Å². The van der Waals surface area contributed by atoms with Crippen molar-refractivity contribution in [2.75, 3.05) is 26.7 Å². The quantitative estimate of drug-likeness (QED) is 0.798. The SMILES string of the molecule is CN(CCc1ccncc1)S(=O)(=O)N1CCCC1. The molecule has 1 saturated heterocycles. The van der Waals surface area contributed by atoms with E-state index in [-0.39, 0.29) is 0 Å². The minimum absolute atomic E-state index is 0.503. The second-order valence-corrected chi connectivity index (χ2v) is 6.58. The van der Waals surface area contributed by atoms with Gasteiger partial charge in [-0.05, 0) is 37.0 Å². The Hall–Kier alpha value is -0.980. The zero-order chi connectivity index (χ0) is 13.0. The highest BCUT2D eigenvalue weighted by molar-refractivity contribution is 7.86. The van der Waals surface area contributed by atoms with Gasteiger partial charge in [-0.2, -0.15) is 17.0 Å². The fraction of sp³-hybridized carbons (Fsp3) is 0.583. The number of aromatic nitrogens is 1. The van der Waals surface area contributed by atoms with Crippen LogP contribution in [0.1, 0.15) is 18.4 Å². The summed E-state index contributed by atoms with van der Waals surface area (Å²) in [4.78, 5) is 3.94. The summed E-state index contributed by atoms with van der Waals surface area (Å²) in [5.41, 5.74) is 1.11. The standard InChI is InChI=1S/C12H19N3O2S/c1-14(11-6-12-4-7-13-8-5-12)18(16,17)15-9-2-3-10-15/h4-5,7-8H,2-3,6,9-11H2,1H3. The van der Waals surface area contributed by atoms with Gasteiger partial charge in [0.05, 0.1) is 0 Å². The van der Waals surface area contributed by atoms with Crippen molar-refractivity contribution >= 4 is 10.2 Å². The third kappa shape index (κ3) is 3.07. The van der Waals surface area contributed by atoms with Gasteiger partial charge >= 0.3 is 0 Å². The van der Waals surface area contributed by atoms with Crippen LogP contribution >= 0.6 is 0 Å². The summed E-state index contributed by atoms with van der Waals surface area (Å²) in [5.74, 6) is 0. The van der Waals surface area contributed by atoms with E-state index in [0.29, 0.717) is 26.1 Å². The number of nitrogens with zero attached hydrogens (tertiary/aromatic N) is 3. The van der Waals surface area contributed by atoms with E-state index in [4.69, 9.17) is 0 Å². The highest BCUT2D eigenvalue weighted by atomic mass is 32.2. The van der Waals surface area contributed by atoms with Crippen LogP contribution in [0.2, 0.25) is 0 Å². The molecule has 2 rings (SSSR count).